The number of aliphatic imine (C=N–C) groups is 1. The topological polar surface area (TPSA) is 87.0 Å². The number of aliphatic carboxylic acids is 2. The van der Waals surface area contributed by atoms with Gasteiger partial charge in [0.15, 0.2) is 0 Å². The number of carboxylic acids is 2. The normalized spacial score (nSPS) is 25.8. The number of benzene rings is 1. The molecule has 1 aromatic carbocycles. The van der Waals surface area contributed by atoms with Crippen LogP contribution in [-0.2, 0) is 21.4 Å². The molecule has 1 aliphatic heterocycles. The van der Waals surface area contributed by atoms with Crippen LogP contribution in [0.2, 0.25) is 0 Å². The van der Waals surface area contributed by atoms with E-state index in [0.717, 1.165) is 24.8 Å². The highest BCUT2D eigenvalue weighted by molar-refractivity contribution is 6.45. The Morgan fingerprint density at radius 2 is 1.83 bits per heavy atom. The number of carbonyl (C=O) groups is 2. The first-order valence-electron chi connectivity index (χ1n) is 8.20. The zero-order valence-corrected chi connectivity index (χ0v) is 12.8. The van der Waals surface area contributed by atoms with Crippen molar-refractivity contribution >= 4 is 23.3 Å². The van der Waals surface area contributed by atoms with Gasteiger partial charge in [0.05, 0.1) is 5.69 Å². The second-order valence-electron chi connectivity index (χ2n) is 7.08. The fraction of sp³-hybridized carbons (Fsp3) is 0.500. The van der Waals surface area contributed by atoms with Gasteiger partial charge in [0.1, 0.15) is 11.1 Å². The SMILES string of the molecule is O=C(O)C1=Nc2c(CC3CC3)cccc2C1(CC1CC1)C(=O)O. The van der Waals surface area contributed by atoms with Crippen LogP contribution in [0, 0.1) is 11.8 Å². The maximum Gasteiger partial charge on any atom is 0.351 e. The van der Waals surface area contributed by atoms with Gasteiger partial charge in [0.2, 0.25) is 0 Å². The molecule has 2 aliphatic carbocycles. The van der Waals surface area contributed by atoms with Crippen molar-refractivity contribution in [3.8, 4) is 0 Å². The van der Waals surface area contributed by atoms with Gasteiger partial charge in [-0.05, 0) is 43.1 Å². The first-order valence-corrected chi connectivity index (χ1v) is 8.20. The number of nitrogens with zero attached hydrogens (tertiary/aromatic N) is 1. The van der Waals surface area contributed by atoms with Crippen molar-refractivity contribution in [3.05, 3.63) is 29.3 Å². The molecule has 4 rings (SSSR count). The molecule has 0 radical (unpaired) electrons. The summed E-state index contributed by atoms with van der Waals surface area (Å²) in [6, 6.07) is 5.55. The average molecular weight is 313 g/mol. The van der Waals surface area contributed by atoms with Gasteiger partial charge in [-0.3, -0.25) is 4.79 Å². The summed E-state index contributed by atoms with van der Waals surface area (Å²) in [5, 5.41) is 19.5. The van der Waals surface area contributed by atoms with E-state index in [2.05, 4.69) is 4.99 Å². The zero-order chi connectivity index (χ0) is 16.2. The highest BCUT2D eigenvalue weighted by atomic mass is 16.4. The van der Waals surface area contributed by atoms with Crippen molar-refractivity contribution in [3.63, 3.8) is 0 Å². The maximum absolute atomic E-state index is 12.2. The molecule has 1 heterocycles. The Kier molecular flexibility index (Phi) is 3.08. The summed E-state index contributed by atoms with van der Waals surface area (Å²) in [7, 11) is 0. The van der Waals surface area contributed by atoms with E-state index in [-0.39, 0.29) is 11.6 Å². The molecule has 0 saturated heterocycles. The fourth-order valence-corrected chi connectivity index (χ4v) is 3.70. The van der Waals surface area contributed by atoms with E-state index in [9.17, 15) is 19.8 Å². The lowest BCUT2D eigenvalue weighted by molar-refractivity contribution is -0.143. The van der Waals surface area contributed by atoms with Crippen LogP contribution in [0.5, 0.6) is 0 Å². The Morgan fingerprint density at radius 1 is 1.13 bits per heavy atom. The highest BCUT2D eigenvalue weighted by Crippen LogP contribution is 2.51. The average Bonchev–Trinajstić information content (AvgIpc) is 3.40. The minimum Gasteiger partial charge on any atom is -0.480 e. The van der Waals surface area contributed by atoms with Gasteiger partial charge >= 0.3 is 11.9 Å². The molecule has 23 heavy (non-hydrogen) atoms. The van der Waals surface area contributed by atoms with Crippen molar-refractivity contribution in [1.29, 1.82) is 0 Å². The van der Waals surface area contributed by atoms with Crippen molar-refractivity contribution in [1.82, 2.24) is 0 Å². The summed E-state index contributed by atoms with van der Waals surface area (Å²) in [5.74, 6) is -1.39. The van der Waals surface area contributed by atoms with Crippen molar-refractivity contribution in [2.75, 3.05) is 0 Å². The zero-order valence-electron chi connectivity index (χ0n) is 12.8. The third-order valence-corrected chi connectivity index (χ3v) is 5.27. The maximum atomic E-state index is 12.2. The summed E-state index contributed by atoms with van der Waals surface area (Å²) in [6.45, 7) is 0. The summed E-state index contributed by atoms with van der Waals surface area (Å²) in [4.78, 5) is 28.2. The second-order valence-corrected chi connectivity index (χ2v) is 7.08. The van der Waals surface area contributed by atoms with Crippen LogP contribution in [0.25, 0.3) is 0 Å². The van der Waals surface area contributed by atoms with Crippen LogP contribution in [-0.4, -0.2) is 27.9 Å². The van der Waals surface area contributed by atoms with Crippen LogP contribution in [0.1, 0.15) is 43.2 Å². The molecule has 0 spiro atoms. The molecule has 0 amide bonds. The van der Waals surface area contributed by atoms with Crippen LogP contribution >= 0.6 is 0 Å². The highest BCUT2D eigenvalue weighted by Gasteiger charge is 2.55. The Hall–Kier alpha value is -2.17. The Morgan fingerprint density at radius 3 is 2.39 bits per heavy atom. The predicted octanol–water partition coefficient (Wildman–Crippen LogP) is 2.93. The molecule has 3 aliphatic rings. The number of rotatable bonds is 6. The summed E-state index contributed by atoms with van der Waals surface area (Å²) < 4.78 is 0. The number of para-hydroxylation sites is 1. The standard InChI is InChI=1S/C18H19NO4/c20-16(21)15-18(17(22)23,9-11-6-7-11)13-3-1-2-12(14(13)19-15)8-10-4-5-10/h1-3,10-11H,4-9H2,(H,20,21)(H,22,23). The van der Waals surface area contributed by atoms with Gasteiger partial charge in [-0.2, -0.15) is 0 Å². The van der Waals surface area contributed by atoms with Crippen LogP contribution in [0.4, 0.5) is 5.69 Å². The van der Waals surface area contributed by atoms with E-state index in [1.54, 1.807) is 6.07 Å². The molecule has 5 heteroatoms. The molecule has 1 aromatic rings. The molecule has 0 bridgehead atoms. The van der Waals surface area contributed by atoms with Gasteiger partial charge in [-0.1, -0.05) is 31.0 Å². The van der Waals surface area contributed by atoms with E-state index in [1.165, 1.54) is 12.8 Å². The lowest BCUT2D eigenvalue weighted by Gasteiger charge is -2.26. The Bertz CT molecular complexity index is 731. The summed E-state index contributed by atoms with van der Waals surface area (Å²) in [6.07, 6.45) is 5.51. The van der Waals surface area contributed by atoms with Gasteiger partial charge in [0, 0.05) is 5.56 Å². The van der Waals surface area contributed by atoms with Crippen molar-refractivity contribution in [2.24, 2.45) is 16.8 Å². The molecule has 2 N–H and O–H groups in total. The monoisotopic (exact) mass is 313 g/mol. The van der Waals surface area contributed by atoms with Gasteiger partial charge < -0.3 is 10.2 Å². The predicted molar refractivity (Wildman–Crippen MR) is 84.3 cm³/mol. The summed E-state index contributed by atoms with van der Waals surface area (Å²) >= 11 is 0. The quantitative estimate of drug-likeness (QED) is 0.845. The van der Waals surface area contributed by atoms with Crippen molar-refractivity contribution < 1.29 is 19.8 Å². The van der Waals surface area contributed by atoms with E-state index < -0.39 is 17.4 Å². The molecule has 1 unspecified atom stereocenters. The molecule has 2 fully saturated rings. The fourth-order valence-electron chi connectivity index (χ4n) is 3.70. The first kappa shape index (κ1) is 14.4. The van der Waals surface area contributed by atoms with E-state index in [0.29, 0.717) is 23.6 Å². The minimum atomic E-state index is -1.48. The smallest absolute Gasteiger partial charge is 0.351 e. The van der Waals surface area contributed by atoms with Crippen LogP contribution in [0.3, 0.4) is 0 Å². The van der Waals surface area contributed by atoms with Crippen LogP contribution < -0.4 is 0 Å². The lowest BCUT2D eigenvalue weighted by Crippen LogP contribution is -2.45. The molecule has 120 valence electrons. The summed E-state index contributed by atoms with van der Waals surface area (Å²) in [5.41, 5.74) is 0.465. The molecule has 2 saturated carbocycles. The third kappa shape index (κ3) is 2.26. The number of carboxylic acid groups (broad SMARTS) is 2. The number of hydrogen-bond acceptors (Lipinski definition) is 3. The van der Waals surface area contributed by atoms with Crippen LogP contribution in [0.15, 0.2) is 23.2 Å². The lowest BCUT2D eigenvalue weighted by atomic mass is 9.73. The molecular weight excluding hydrogens is 294 g/mol. The van der Waals surface area contributed by atoms with Gasteiger partial charge in [-0.25, -0.2) is 9.79 Å². The number of fused-ring (bicyclic) bond motifs is 1. The molecule has 5 nitrogen and oxygen atoms in total. The van der Waals surface area contributed by atoms with Gasteiger partial charge in [-0.15, -0.1) is 0 Å². The minimum absolute atomic E-state index is 0.213. The molecule has 1 atom stereocenters. The third-order valence-electron chi connectivity index (χ3n) is 5.27. The first-order chi connectivity index (χ1) is 11.0. The van der Waals surface area contributed by atoms with E-state index in [1.807, 2.05) is 12.1 Å². The van der Waals surface area contributed by atoms with E-state index in [4.69, 9.17) is 0 Å². The van der Waals surface area contributed by atoms with Gasteiger partial charge in [0.25, 0.3) is 0 Å². The number of hydrogen-bond donors (Lipinski definition) is 2. The van der Waals surface area contributed by atoms with Crippen molar-refractivity contribution in [2.45, 2.75) is 43.9 Å². The Labute approximate surface area is 134 Å². The molecular formula is C18H19NO4. The largest absolute Gasteiger partial charge is 0.480 e. The molecule has 0 aromatic heterocycles. The Balaban J connectivity index is 1.87. The van der Waals surface area contributed by atoms with E-state index >= 15 is 0 Å². The second kappa shape index (κ2) is 4.91.